The van der Waals surface area contributed by atoms with Gasteiger partial charge in [0.25, 0.3) is 0 Å². The summed E-state index contributed by atoms with van der Waals surface area (Å²) in [6.07, 6.45) is 1.68. The molecule has 43 heavy (non-hydrogen) atoms. The Morgan fingerprint density at radius 3 is 1.47 bits per heavy atom. The molecular formula is C34H64FeN4P2Si2. The van der Waals surface area contributed by atoms with Gasteiger partial charge in [-0.05, 0) is 0 Å². The normalized spacial score (nSPS) is 70.7. The number of rotatable bonds is 7. The van der Waals surface area contributed by atoms with Crippen molar-refractivity contribution in [1.29, 1.82) is 0 Å². The van der Waals surface area contributed by atoms with Crippen LogP contribution in [0, 0.1) is 0 Å². The Balaban J connectivity index is 1.23. The molecule has 0 amide bonds. The summed E-state index contributed by atoms with van der Waals surface area (Å²) in [5.74, 6) is 0. The molecule has 246 valence electrons. The number of hydrogen-bond donors (Lipinski definition) is 4. The standard InChI is InChI=1S/C29H59N4P2Si2.C5H5.Fe/c1-27(2,3)35(28(4,5)6)20-21-22(17-23(36(7,8)9)26(21)37(10,11)12)29(34,24-18-30-13-15-32-24)25-19-31-14-16-33-25;1-2-4-5-3-1;/h17,24-25,30-33H,13-16,18-20,34H2,1-12H3;1-5H;. The molecule has 4 N–H and O–H groups in total. The third kappa shape index (κ3) is 0.701. The molecule has 12 saturated heterocycles. The summed E-state index contributed by atoms with van der Waals surface area (Å²) in [5.41, 5.74) is 0. The number of fused-ring (bicyclic) bond motifs is 10. The van der Waals surface area contributed by atoms with E-state index in [0.717, 1.165) is 38.4 Å². The predicted molar refractivity (Wildman–Crippen MR) is 193 cm³/mol. The van der Waals surface area contributed by atoms with E-state index < -0.39 is 22.7 Å². The molecular weight excluding hydrogens is 638 g/mol. The van der Waals surface area contributed by atoms with Crippen LogP contribution in [0.1, 0.15) is 41.5 Å². The second kappa shape index (κ2) is 4.13. The van der Waals surface area contributed by atoms with E-state index in [4.69, 9.17) is 0 Å². The van der Waals surface area contributed by atoms with Gasteiger partial charge in [-0.15, -0.1) is 0 Å². The van der Waals surface area contributed by atoms with Gasteiger partial charge in [0.2, 0.25) is 0 Å². The average Bonchev–Trinajstić information content (AvgIpc) is 3.84. The molecule has 0 radical (unpaired) electrons. The topological polar surface area (TPSA) is 48.1 Å². The van der Waals surface area contributed by atoms with E-state index >= 15 is 0 Å². The van der Waals surface area contributed by atoms with Crippen LogP contribution >= 0.6 is 17.2 Å². The van der Waals surface area contributed by atoms with Crippen molar-refractivity contribution in [3.63, 3.8) is 0 Å². The van der Waals surface area contributed by atoms with E-state index in [-0.39, 0.29) is 13.1 Å². The van der Waals surface area contributed by atoms with Gasteiger partial charge in [0.15, 0.2) is 0 Å². The van der Waals surface area contributed by atoms with E-state index in [9.17, 15) is 0 Å². The molecule has 0 saturated carbocycles. The summed E-state index contributed by atoms with van der Waals surface area (Å²) < 4.78 is 3.32. The van der Waals surface area contributed by atoms with E-state index in [0.29, 0.717) is 26.7 Å². The van der Waals surface area contributed by atoms with Crippen molar-refractivity contribution in [2.24, 2.45) is 0 Å². The zero-order valence-electron chi connectivity index (χ0n) is 29.4. The molecule has 12 fully saturated rings. The van der Waals surface area contributed by atoms with Gasteiger partial charge in [-0.2, -0.15) is 0 Å². The van der Waals surface area contributed by atoms with Crippen LogP contribution in [0.2, 0.25) is 84.7 Å². The Kier molecular flexibility index (Phi) is 2.64. The van der Waals surface area contributed by atoms with Crippen LogP contribution in [0.25, 0.3) is 0 Å². The van der Waals surface area contributed by atoms with Crippen LogP contribution in [-0.4, -0.2) is 89.1 Å². The SMILES string of the molecule is CC(C)(C)P(C[C]12[C]3(C(P)(C4CNCCN4)C4CNCCN4)[CH]4[C]5([Si](C)(C)C)[C]1([Si](C)(C)C)[Fe]42351678[CH]2[CH]1[CH]6[CH]7[CH]28)C(C)(C)C. The first-order valence-corrected chi connectivity index (χ1v) is 33.3. The molecule has 8 unspecified atom stereocenters. The fourth-order valence-corrected chi connectivity index (χ4v) is 175. The minimum atomic E-state index is -4.34. The van der Waals surface area contributed by atoms with Crippen LogP contribution in [0.5, 0.6) is 0 Å². The molecule has 8 atom stereocenters. The van der Waals surface area contributed by atoms with Gasteiger partial charge in [0.05, 0.1) is 0 Å². The van der Waals surface area contributed by atoms with Crippen LogP contribution in [0.15, 0.2) is 0 Å². The van der Waals surface area contributed by atoms with Crippen LogP contribution in [-0.2, 0) is 6.51 Å². The maximum absolute atomic E-state index is 4.34. The van der Waals surface area contributed by atoms with E-state index in [1.54, 1.807) is 6.16 Å². The molecule has 0 aromatic rings. The average molecular weight is 703 g/mol. The third-order valence-electron chi connectivity index (χ3n) is 23.5. The Labute approximate surface area is 259 Å². The van der Waals surface area contributed by atoms with Crippen molar-refractivity contribution < 1.29 is 6.51 Å². The number of piperazine rings is 2. The van der Waals surface area contributed by atoms with Crippen molar-refractivity contribution in [3.8, 4) is 0 Å². The Morgan fingerprint density at radius 1 is 0.721 bits per heavy atom. The fraction of sp³-hybridized carbons (Fsp3) is 1.00. The van der Waals surface area contributed by atoms with Gasteiger partial charge < -0.3 is 0 Å². The van der Waals surface area contributed by atoms with Crippen LogP contribution in [0.3, 0.4) is 0 Å². The van der Waals surface area contributed by atoms with Crippen molar-refractivity contribution in [3.05, 3.63) is 0 Å². The number of nitrogens with one attached hydrogen (secondary N) is 4. The fourth-order valence-electron chi connectivity index (χ4n) is 28.4. The van der Waals surface area contributed by atoms with Gasteiger partial charge in [0, 0.05) is 0 Å². The van der Waals surface area contributed by atoms with Gasteiger partial charge in [-0.25, -0.2) is 0 Å². The summed E-state index contributed by atoms with van der Waals surface area (Å²) in [6, 6.07) is 1.18. The van der Waals surface area contributed by atoms with Crippen LogP contribution in [0.4, 0.5) is 0 Å². The molecule has 12 aliphatic rings. The van der Waals surface area contributed by atoms with Crippen LogP contribution < -0.4 is 21.3 Å². The molecule has 12 heterocycles. The van der Waals surface area contributed by atoms with Gasteiger partial charge in [0.1, 0.15) is 0 Å². The summed E-state index contributed by atoms with van der Waals surface area (Å²) in [6.45, 7) is 36.4. The maximum atomic E-state index is 4.32. The molecule has 12 rings (SSSR count). The summed E-state index contributed by atoms with van der Waals surface area (Å²) in [4.78, 5) is 7.76. The monoisotopic (exact) mass is 702 g/mol. The summed E-state index contributed by atoms with van der Waals surface area (Å²) in [5, 5.41) is 17.7. The number of hydrogen-bond acceptors (Lipinski definition) is 4. The molecule has 12 aliphatic heterocycles. The molecule has 0 bridgehead atoms. The first-order valence-electron chi connectivity index (χ1n) is 18.2. The van der Waals surface area contributed by atoms with Crippen molar-refractivity contribution in [2.45, 2.75) is 154 Å². The van der Waals surface area contributed by atoms with E-state index in [1.165, 1.54) is 42.0 Å². The summed E-state index contributed by atoms with van der Waals surface area (Å²) >= 11 is 0. The summed E-state index contributed by atoms with van der Waals surface area (Å²) in [7, 11) is 0.902. The predicted octanol–water partition coefficient (Wildman–Crippen LogP) is 7.43. The zero-order chi connectivity index (χ0) is 30.8. The third-order valence-corrected chi connectivity index (χ3v) is 92.2. The van der Waals surface area contributed by atoms with Gasteiger partial charge >= 0.3 is 260 Å². The second-order valence-electron chi connectivity index (χ2n) is 23.8. The van der Waals surface area contributed by atoms with Gasteiger partial charge in [-0.3, -0.25) is 0 Å². The van der Waals surface area contributed by atoms with E-state index in [2.05, 4.69) is 111 Å². The first kappa shape index (κ1) is 27.5. The quantitative estimate of drug-likeness (QED) is 0.165. The molecule has 0 aromatic heterocycles. The molecule has 4 nitrogen and oxygen atoms in total. The molecule has 0 aliphatic carbocycles. The first-order chi connectivity index (χ1) is 19.5. The van der Waals surface area contributed by atoms with Gasteiger partial charge in [-0.1, -0.05) is 0 Å². The second-order valence-corrected chi connectivity index (χ2v) is 62.8. The van der Waals surface area contributed by atoms with Crippen molar-refractivity contribution in [1.82, 2.24) is 21.3 Å². The minimum absolute atomic E-state index is 0.109. The van der Waals surface area contributed by atoms with Crippen molar-refractivity contribution in [2.75, 3.05) is 45.4 Å². The van der Waals surface area contributed by atoms with Crippen molar-refractivity contribution >= 4 is 33.3 Å². The molecule has 0 aromatic carbocycles. The molecule has 1 spiro atoms. The molecule has 9 heteroatoms. The van der Waals surface area contributed by atoms with E-state index in [1.807, 2.05) is 0 Å². The Morgan fingerprint density at radius 2 is 1.16 bits per heavy atom. The Hall–Kier alpha value is 1.65. The zero-order valence-corrected chi connectivity index (χ0v) is 34.6. The Bertz CT molecular complexity index is 1770.